The number of rotatable bonds is 6. The van der Waals surface area contributed by atoms with Crippen LogP contribution in [0.4, 0.5) is 0 Å². The first-order valence-electron chi connectivity index (χ1n) is 13.1. The van der Waals surface area contributed by atoms with E-state index < -0.39 is 0 Å². The summed E-state index contributed by atoms with van der Waals surface area (Å²) >= 11 is 0. The lowest BCUT2D eigenvalue weighted by molar-refractivity contribution is 0.0744. The Morgan fingerprint density at radius 2 is 1.72 bits per heavy atom. The van der Waals surface area contributed by atoms with Gasteiger partial charge in [0.2, 0.25) is 5.76 Å². The van der Waals surface area contributed by atoms with Gasteiger partial charge >= 0.3 is 0 Å². The van der Waals surface area contributed by atoms with E-state index in [0.29, 0.717) is 30.9 Å². The topological polar surface area (TPSA) is 93.3 Å². The average Bonchev–Trinajstić information content (AvgIpc) is 3.72. The number of nitrogens with zero attached hydrogens (tertiary/aromatic N) is 4. The van der Waals surface area contributed by atoms with E-state index >= 15 is 0 Å². The fraction of sp³-hybridized carbons (Fsp3) is 0.226. The Hall–Kier alpha value is -4.72. The minimum absolute atomic E-state index is 0.132. The lowest BCUT2D eigenvalue weighted by Gasteiger charge is -2.17. The molecule has 1 aliphatic rings. The highest BCUT2D eigenvalue weighted by Gasteiger charge is 2.30. The van der Waals surface area contributed by atoms with Crippen LogP contribution in [0.3, 0.4) is 0 Å². The molecule has 1 saturated heterocycles. The lowest BCUT2D eigenvalue weighted by Crippen LogP contribution is -2.29. The quantitative estimate of drug-likeness (QED) is 0.333. The number of aromatic nitrogens is 3. The van der Waals surface area contributed by atoms with Crippen molar-refractivity contribution >= 4 is 22.8 Å². The van der Waals surface area contributed by atoms with Crippen molar-refractivity contribution in [3.05, 3.63) is 95.9 Å². The monoisotopic (exact) mass is 519 g/mol. The van der Waals surface area contributed by atoms with Crippen LogP contribution in [0.2, 0.25) is 0 Å². The van der Waals surface area contributed by atoms with Crippen LogP contribution in [0.15, 0.2) is 83.4 Å². The van der Waals surface area contributed by atoms with Crippen LogP contribution in [0.25, 0.3) is 33.5 Å². The second-order valence-corrected chi connectivity index (χ2v) is 10.0. The molecule has 6 rings (SSSR count). The molecule has 3 heterocycles. The van der Waals surface area contributed by atoms with E-state index in [1.807, 2.05) is 35.2 Å². The Morgan fingerprint density at radius 3 is 2.44 bits per heavy atom. The minimum Gasteiger partial charge on any atom is -0.355 e. The number of imidazole rings is 1. The van der Waals surface area contributed by atoms with Crippen LogP contribution in [-0.4, -0.2) is 51.6 Å². The predicted octanol–water partition coefficient (Wildman–Crippen LogP) is 5.19. The van der Waals surface area contributed by atoms with E-state index in [2.05, 4.69) is 51.4 Å². The van der Waals surface area contributed by atoms with Gasteiger partial charge in [0, 0.05) is 43.9 Å². The summed E-state index contributed by atoms with van der Waals surface area (Å²) in [5.41, 5.74) is 6.29. The normalized spacial score (nSPS) is 15.1. The second-order valence-electron chi connectivity index (χ2n) is 10.0. The standard InChI is InChI=1S/C31H29N5O3/c1-20-16-28(39-34-20)31(38)35-15-14-21(18-35)19-36-27-17-25(30(37)32-2)12-13-26(27)33-29(36)24-10-8-23(9-11-24)22-6-4-3-5-7-22/h3-13,16-17,21H,14-15,18-19H2,1-2H3,(H,32,37)/t21-/m0/s1. The molecular weight excluding hydrogens is 490 g/mol. The molecule has 8 nitrogen and oxygen atoms in total. The molecule has 39 heavy (non-hydrogen) atoms. The van der Waals surface area contributed by atoms with Gasteiger partial charge in [-0.25, -0.2) is 4.98 Å². The van der Waals surface area contributed by atoms with Gasteiger partial charge in [-0.1, -0.05) is 59.8 Å². The van der Waals surface area contributed by atoms with Crippen LogP contribution in [0.1, 0.15) is 33.0 Å². The zero-order valence-electron chi connectivity index (χ0n) is 21.9. The molecule has 3 aromatic carbocycles. The molecule has 0 bridgehead atoms. The van der Waals surface area contributed by atoms with Gasteiger partial charge in [0.25, 0.3) is 11.8 Å². The summed E-state index contributed by atoms with van der Waals surface area (Å²) in [6.45, 7) is 3.74. The molecule has 196 valence electrons. The van der Waals surface area contributed by atoms with Gasteiger partial charge in [-0.15, -0.1) is 0 Å². The Bertz CT molecular complexity index is 1650. The molecule has 0 saturated carbocycles. The number of fused-ring (bicyclic) bond motifs is 1. The zero-order valence-corrected chi connectivity index (χ0v) is 21.9. The summed E-state index contributed by atoms with van der Waals surface area (Å²) in [4.78, 5) is 32.2. The molecule has 5 aromatic rings. The highest BCUT2D eigenvalue weighted by Crippen LogP contribution is 2.31. The minimum atomic E-state index is -0.140. The molecule has 0 radical (unpaired) electrons. The number of hydrogen-bond acceptors (Lipinski definition) is 5. The fourth-order valence-electron chi connectivity index (χ4n) is 5.30. The third kappa shape index (κ3) is 4.81. The smallest absolute Gasteiger partial charge is 0.292 e. The van der Waals surface area contributed by atoms with Gasteiger partial charge < -0.3 is 19.3 Å². The van der Waals surface area contributed by atoms with E-state index in [1.54, 1.807) is 26.1 Å². The highest BCUT2D eigenvalue weighted by molar-refractivity contribution is 5.97. The summed E-state index contributed by atoms with van der Waals surface area (Å²) in [6.07, 6.45) is 0.861. The number of likely N-dealkylation sites (tertiary alicyclic amines) is 1. The van der Waals surface area contributed by atoms with Gasteiger partial charge in [-0.05, 0) is 48.6 Å². The number of aryl methyl sites for hydroxylation is 1. The van der Waals surface area contributed by atoms with E-state index in [0.717, 1.165) is 40.0 Å². The van der Waals surface area contributed by atoms with Crippen LogP contribution < -0.4 is 5.32 Å². The molecule has 2 aromatic heterocycles. The van der Waals surface area contributed by atoms with Crippen molar-refractivity contribution in [2.24, 2.45) is 5.92 Å². The van der Waals surface area contributed by atoms with Crippen LogP contribution in [0, 0.1) is 12.8 Å². The van der Waals surface area contributed by atoms with Crippen LogP contribution in [0.5, 0.6) is 0 Å². The maximum atomic E-state index is 12.9. The molecule has 2 amide bonds. The third-order valence-corrected chi connectivity index (χ3v) is 7.34. The highest BCUT2D eigenvalue weighted by atomic mass is 16.5. The Morgan fingerprint density at radius 1 is 0.974 bits per heavy atom. The van der Waals surface area contributed by atoms with Crippen molar-refractivity contribution < 1.29 is 14.1 Å². The second kappa shape index (κ2) is 10.2. The summed E-state index contributed by atoms with van der Waals surface area (Å²) in [5, 5.41) is 6.56. The van der Waals surface area contributed by atoms with Crippen molar-refractivity contribution in [1.82, 2.24) is 24.9 Å². The molecule has 0 aliphatic carbocycles. The molecular formula is C31H29N5O3. The lowest BCUT2D eigenvalue weighted by atomic mass is 10.0. The number of hydrogen-bond donors (Lipinski definition) is 1. The van der Waals surface area contributed by atoms with E-state index in [1.165, 1.54) is 0 Å². The van der Waals surface area contributed by atoms with Gasteiger partial charge in [-0.2, -0.15) is 0 Å². The Labute approximate surface area is 226 Å². The van der Waals surface area contributed by atoms with Gasteiger partial charge in [-0.3, -0.25) is 9.59 Å². The third-order valence-electron chi connectivity index (χ3n) is 7.34. The van der Waals surface area contributed by atoms with Crippen molar-refractivity contribution in [2.45, 2.75) is 19.9 Å². The molecule has 1 fully saturated rings. The number of carbonyl (C=O) groups excluding carboxylic acids is 2. The zero-order chi connectivity index (χ0) is 26.9. The van der Waals surface area contributed by atoms with Crippen LogP contribution in [-0.2, 0) is 6.54 Å². The number of carbonyl (C=O) groups is 2. The van der Waals surface area contributed by atoms with Crippen molar-refractivity contribution in [3.8, 4) is 22.5 Å². The van der Waals surface area contributed by atoms with Crippen molar-refractivity contribution in [1.29, 1.82) is 0 Å². The molecule has 1 atom stereocenters. The summed E-state index contributed by atoms with van der Waals surface area (Å²) < 4.78 is 7.40. The predicted molar refractivity (Wildman–Crippen MR) is 149 cm³/mol. The van der Waals surface area contributed by atoms with Gasteiger partial charge in [0.1, 0.15) is 5.82 Å². The molecule has 0 unspecified atom stereocenters. The molecule has 1 N–H and O–H groups in total. The SMILES string of the molecule is CNC(=O)c1ccc2nc(-c3ccc(-c4ccccc4)cc3)n(C[C@H]3CCN(C(=O)c4cc(C)no4)C3)c2c1. The summed E-state index contributed by atoms with van der Waals surface area (Å²) in [7, 11) is 1.63. The first-order chi connectivity index (χ1) is 19.0. The van der Waals surface area contributed by atoms with Crippen molar-refractivity contribution in [2.75, 3.05) is 20.1 Å². The van der Waals surface area contributed by atoms with E-state index in [9.17, 15) is 9.59 Å². The number of benzene rings is 3. The molecule has 8 heteroatoms. The first-order valence-corrected chi connectivity index (χ1v) is 13.1. The summed E-state index contributed by atoms with van der Waals surface area (Å²) in [6, 6.07) is 26.0. The van der Waals surface area contributed by atoms with Gasteiger partial charge in [0.05, 0.1) is 16.7 Å². The van der Waals surface area contributed by atoms with Crippen LogP contribution >= 0.6 is 0 Å². The fourth-order valence-corrected chi connectivity index (χ4v) is 5.30. The molecule has 1 aliphatic heterocycles. The average molecular weight is 520 g/mol. The largest absolute Gasteiger partial charge is 0.355 e. The first kappa shape index (κ1) is 24.6. The van der Waals surface area contributed by atoms with Gasteiger partial charge in [0.15, 0.2) is 0 Å². The number of nitrogens with one attached hydrogen (secondary N) is 1. The maximum Gasteiger partial charge on any atom is 0.292 e. The number of amides is 2. The molecule has 0 spiro atoms. The Balaban J connectivity index is 1.33. The van der Waals surface area contributed by atoms with E-state index in [4.69, 9.17) is 9.51 Å². The van der Waals surface area contributed by atoms with E-state index in [-0.39, 0.29) is 23.5 Å². The van der Waals surface area contributed by atoms with Crippen molar-refractivity contribution in [3.63, 3.8) is 0 Å². The Kier molecular flexibility index (Phi) is 6.44. The maximum absolute atomic E-state index is 12.9. The summed E-state index contributed by atoms with van der Waals surface area (Å²) in [5.74, 6) is 1.07.